The summed E-state index contributed by atoms with van der Waals surface area (Å²) in [5.74, 6) is -4.11. The van der Waals surface area contributed by atoms with Crippen LogP contribution in [0.2, 0.25) is 0 Å². The van der Waals surface area contributed by atoms with Gasteiger partial charge in [-0.1, -0.05) is 0 Å². The lowest BCUT2D eigenvalue weighted by Gasteiger charge is -2.14. The zero-order valence-electron chi connectivity index (χ0n) is 10.8. The van der Waals surface area contributed by atoms with Gasteiger partial charge in [0, 0.05) is 4.92 Å². The van der Waals surface area contributed by atoms with Crippen molar-refractivity contribution in [1.29, 1.82) is 0 Å². The van der Waals surface area contributed by atoms with Crippen LogP contribution in [0.1, 0.15) is 0 Å². The molecule has 18 nitrogen and oxygen atoms in total. The molecule has 0 amide bonds. The van der Waals surface area contributed by atoms with E-state index in [-0.39, 0.29) is 0 Å². The molecule has 0 aromatic rings. The predicted molar refractivity (Wildman–Crippen MR) is 63.6 cm³/mol. The summed E-state index contributed by atoms with van der Waals surface area (Å²) in [6, 6.07) is 0. The summed E-state index contributed by atoms with van der Waals surface area (Å²) < 4.78 is 7.38. The quantitative estimate of drug-likeness (QED) is 0.117. The van der Waals surface area contributed by atoms with Crippen molar-refractivity contribution in [1.82, 2.24) is 0 Å². The smallest absolute Gasteiger partial charge is 0.416 e. The Balaban J connectivity index is 5.33. The monoisotopic (exact) mass is 377 g/mol. The number of ether oxygens (including phenoxy) is 2. The molecule has 0 unspecified atom stereocenters. The number of nitrogens with zero attached hydrogens (tertiary/aromatic N) is 5. The first-order valence-corrected chi connectivity index (χ1v) is 5.42. The highest BCUT2D eigenvalue weighted by molar-refractivity contribution is 6.21. The van der Waals surface area contributed by atoms with Gasteiger partial charge in [0.05, 0.1) is 11.6 Å². The normalized spacial score (nSPS) is 11.2. The van der Waals surface area contributed by atoms with Crippen LogP contribution < -0.4 is 0 Å². The molecule has 0 fully saturated rings. The zero-order valence-corrected chi connectivity index (χ0v) is 11.6. The van der Waals surface area contributed by atoms with E-state index in [9.17, 15) is 55.4 Å². The summed E-state index contributed by atoms with van der Waals surface area (Å²) >= 11 is 4.93. The van der Waals surface area contributed by atoms with Crippen molar-refractivity contribution >= 4 is 17.8 Å². The summed E-state index contributed by atoms with van der Waals surface area (Å²) in [5, 5.41) is 48.8. The van der Waals surface area contributed by atoms with Crippen LogP contribution in [0.3, 0.4) is 0 Å². The second-order valence-electron chi connectivity index (χ2n) is 3.62. The van der Waals surface area contributed by atoms with E-state index >= 15 is 0 Å². The van der Waals surface area contributed by atoms with E-state index in [1.807, 2.05) is 0 Å². The molecule has 0 N–H and O–H groups in total. The van der Waals surface area contributed by atoms with E-state index in [1.54, 1.807) is 0 Å². The number of halogens is 1. The van der Waals surface area contributed by atoms with E-state index in [2.05, 4.69) is 9.47 Å². The first kappa shape index (κ1) is 20.6. The number of carbonyl (C=O) groups is 1. The van der Waals surface area contributed by atoms with Crippen LogP contribution in [0.15, 0.2) is 0 Å². The summed E-state index contributed by atoms with van der Waals surface area (Å²) in [4.78, 5) is 54.7. The lowest BCUT2D eigenvalue weighted by atomic mass is 10.4. The van der Waals surface area contributed by atoms with Crippen molar-refractivity contribution in [3.63, 3.8) is 0 Å². The first-order chi connectivity index (χ1) is 10.8. The SMILES string of the molecule is O=C(OCC(Cl)([N+](=O)[O-])[N+](=O)[O-])OC(C[N+](=O)[O-])([N+](=O)[O-])[N+](=O)[O-]. The van der Waals surface area contributed by atoms with Gasteiger partial charge < -0.3 is 4.74 Å². The maximum atomic E-state index is 11.2. The van der Waals surface area contributed by atoms with E-state index in [0.717, 1.165) is 0 Å². The number of nitro groups is 5. The summed E-state index contributed by atoms with van der Waals surface area (Å²) in [5.41, 5.74) is 0. The Kier molecular flexibility index (Phi) is 6.18. The molecule has 24 heavy (non-hydrogen) atoms. The van der Waals surface area contributed by atoms with Crippen LogP contribution in [0, 0.1) is 50.6 Å². The minimum absolute atomic E-state index is 1.56. The number of hydrogen-bond donors (Lipinski definition) is 0. The number of rotatable bonds is 9. The maximum absolute atomic E-state index is 11.2. The molecule has 0 saturated carbocycles. The number of carbonyl (C=O) groups excluding carboxylic acids is 1. The molecule has 0 rings (SSSR count). The van der Waals surface area contributed by atoms with Gasteiger partial charge >= 0.3 is 23.7 Å². The van der Waals surface area contributed by atoms with E-state index < -0.39 is 54.9 Å². The molecule has 19 heteroatoms. The second kappa shape index (κ2) is 7.21. The molecule has 0 atom stereocenters. The van der Waals surface area contributed by atoms with Crippen molar-refractivity contribution in [2.75, 3.05) is 13.2 Å². The number of hydrogen-bond acceptors (Lipinski definition) is 13. The molecule has 0 heterocycles. The van der Waals surface area contributed by atoms with Crippen LogP contribution in [0.25, 0.3) is 0 Å². The largest absolute Gasteiger partial charge is 0.690 e. The molecular formula is C5H4ClN5O13. The lowest BCUT2D eigenvalue weighted by molar-refractivity contribution is -0.864. The fourth-order valence-electron chi connectivity index (χ4n) is 0.943. The average molecular weight is 378 g/mol. The topological polar surface area (TPSA) is 251 Å². The molecule has 0 spiro atoms. The molecule has 0 radical (unpaired) electrons. The molecule has 0 aliphatic rings. The Morgan fingerprint density at radius 1 is 0.875 bits per heavy atom. The molecule has 0 aromatic heterocycles. The fraction of sp³-hybridized carbons (Fsp3) is 0.800. The van der Waals surface area contributed by atoms with E-state index in [0.29, 0.717) is 0 Å². The highest BCUT2D eigenvalue weighted by atomic mass is 35.5. The van der Waals surface area contributed by atoms with Gasteiger partial charge in [-0.15, -0.1) is 0 Å². The molecule has 0 aliphatic heterocycles. The van der Waals surface area contributed by atoms with Crippen molar-refractivity contribution in [3.05, 3.63) is 50.6 Å². The van der Waals surface area contributed by atoms with Gasteiger partial charge in [0.15, 0.2) is 0 Å². The first-order valence-electron chi connectivity index (χ1n) is 5.04. The molecule has 0 bridgehead atoms. The Labute approximate surface area is 132 Å². The third kappa shape index (κ3) is 4.28. The van der Waals surface area contributed by atoms with Crippen molar-refractivity contribution in [2.45, 2.75) is 11.0 Å². The van der Waals surface area contributed by atoms with Gasteiger partial charge in [0.25, 0.3) is 6.61 Å². The minimum atomic E-state index is -4.11. The van der Waals surface area contributed by atoms with Gasteiger partial charge in [-0.2, -0.15) is 0 Å². The Morgan fingerprint density at radius 3 is 1.58 bits per heavy atom. The highest BCUT2D eigenvalue weighted by Gasteiger charge is 2.68. The van der Waals surface area contributed by atoms with Crippen LogP contribution >= 0.6 is 11.6 Å². The van der Waals surface area contributed by atoms with Gasteiger partial charge in [0.2, 0.25) is 0 Å². The maximum Gasteiger partial charge on any atom is 0.690 e. The van der Waals surface area contributed by atoms with Gasteiger partial charge in [-0.25, -0.2) is 4.79 Å². The molecule has 134 valence electrons. The molecular weight excluding hydrogens is 374 g/mol. The van der Waals surface area contributed by atoms with Crippen LogP contribution in [-0.2, 0) is 9.47 Å². The number of alkyl halides is 1. The van der Waals surface area contributed by atoms with Crippen molar-refractivity contribution in [3.8, 4) is 0 Å². The van der Waals surface area contributed by atoms with Crippen LogP contribution in [-0.4, -0.2) is 54.9 Å². The minimum Gasteiger partial charge on any atom is -0.416 e. The Morgan fingerprint density at radius 2 is 1.29 bits per heavy atom. The Bertz CT molecular complexity index is 576. The standard InChI is InChI=1S/C5H4ClN5O13/c6-4(8(15)16,9(17)18)2-23-3(12)24-5(10(19)20,11(21)22)1-7(13)14/h1-2H2. The van der Waals surface area contributed by atoms with Crippen molar-refractivity contribution < 1.29 is 38.9 Å². The summed E-state index contributed by atoms with van der Waals surface area (Å²) in [6.07, 6.45) is -2.40. The predicted octanol–water partition coefficient (Wildman–Crippen LogP) is -0.930. The Hall–Kier alpha value is -3.44. The average Bonchev–Trinajstić information content (AvgIpc) is 2.42. The van der Waals surface area contributed by atoms with E-state index in [1.165, 1.54) is 0 Å². The fourth-order valence-corrected chi connectivity index (χ4v) is 0.997. The lowest BCUT2D eigenvalue weighted by Crippen LogP contribution is -2.55. The second-order valence-corrected chi connectivity index (χ2v) is 4.23. The third-order valence-corrected chi connectivity index (χ3v) is 2.47. The van der Waals surface area contributed by atoms with Crippen molar-refractivity contribution in [2.24, 2.45) is 0 Å². The third-order valence-electron chi connectivity index (χ3n) is 2.09. The molecule has 0 saturated heterocycles. The molecule has 0 aromatic carbocycles. The van der Waals surface area contributed by atoms with E-state index in [4.69, 9.17) is 11.6 Å². The molecule has 0 aliphatic carbocycles. The highest BCUT2D eigenvalue weighted by Crippen LogP contribution is 2.19. The van der Waals surface area contributed by atoms with Crippen LogP contribution in [0.5, 0.6) is 0 Å². The van der Waals surface area contributed by atoms with Gasteiger partial charge in [-0.05, 0) is 0 Å². The summed E-state index contributed by atoms with van der Waals surface area (Å²) in [7, 11) is 0. The van der Waals surface area contributed by atoms with Gasteiger partial charge in [-0.3, -0.25) is 55.3 Å². The van der Waals surface area contributed by atoms with Crippen LogP contribution in [0.4, 0.5) is 4.79 Å². The summed E-state index contributed by atoms with van der Waals surface area (Å²) in [6.45, 7) is -3.98. The zero-order chi connectivity index (χ0) is 19.3. The van der Waals surface area contributed by atoms with Gasteiger partial charge in [0.1, 0.15) is 19.7 Å².